The molecule has 1 aliphatic carbocycles. The summed E-state index contributed by atoms with van der Waals surface area (Å²) in [5, 5.41) is 8.61. The molecule has 194 valence electrons. The van der Waals surface area contributed by atoms with Gasteiger partial charge in [-0.2, -0.15) is 4.98 Å². The van der Waals surface area contributed by atoms with Crippen LogP contribution in [0.4, 0.5) is 5.82 Å². The van der Waals surface area contributed by atoms with Gasteiger partial charge in [0.05, 0.1) is 31.1 Å². The van der Waals surface area contributed by atoms with Crippen LogP contribution in [0.3, 0.4) is 0 Å². The number of anilines is 1. The van der Waals surface area contributed by atoms with Crippen molar-refractivity contribution in [3.63, 3.8) is 0 Å². The number of aryl methyl sites for hydroxylation is 1. The molecule has 0 spiro atoms. The van der Waals surface area contributed by atoms with Gasteiger partial charge in [0.1, 0.15) is 5.52 Å². The number of fused-ring (bicyclic) bond motifs is 2. The molecule has 2 aromatic heterocycles. The molecule has 1 fully saturated rings. The fourth-order valence-electron chi connectivity index (χ4n) is 4.75. The average Bonchev–Trinajstić information content (AvgIpc) is 3.49. The van der Waals surface area contributed by atoms with Crippen molar-refractivity contribution in [2.75, 3.05) is 24.4 Å². The van der Waals surface area contributed by atoms with Crippen molar-refractivity contribution in [2.24, 2.45) is 5.92 Å². The lowest BCUT2D eigenvalue weighted by Crippen LogP contribution is -2.12. The number of hydrogen-bond donors (Lipinski definition) is 4. The van der Waals surface area contributed by atoms with Crippen molar-refractivity contribution in [1.29, 1.82) is 0 Å². The SMILES string of the molecule is O=P(O)(O)CP(=O)(O)OC[C@@H]1CO[C@H](c2ccc3c(N[C@H]4CCc5cc(Cl)ccc54)nc(Cl)nn23)C1. The number of halogens is 2. The Kier molecular flexibility index (Phi) is 7.24. The highest BCUT2D eigenvalue weighted by Gasteiger charge is 2.35. The summed E-state index contributed by atoms with van der Waals surface area (Å²) in [6.45, 7) is 0.0837. The van der Waals surface area contributed by atoms with Crippen LogP contribution in [0.5, 0.6) is 0 Å². The molecule has 0 bridgehead atoms. The highest BCUT2D eigenvalue weighted by molar-refractivity contribution is 7.70. The number of nitrogens with one attached hydrogen (secondary N) is 1. The Bertz CT molecular complexity index is 1400. The Balaban J connectivity index is 1.31. The van der Waals surface area contributed by atoms with E-state index in [-0.39, 0.29) is 36.6 Å². The second-order valence-corrected chi connectivity index (χ2v) is 13.8. The van der Waals surface area contributed by atoms with Crippen molar-refractivity contribution in [3.8, 4) is 0 Å². The van der Waals surface area contributed by atoms with Crippen molar-refractivity contribution < 1.29 is 33.1 Å². The number of ether oxygens (including phenoxy) is 1. The lowest BCUT2D eigenvalue weighted by atomic mass is 10.1. The molecule has 1 aromatic carbocycles. The molecule has 5 rings (SSSR count). The van der Waals surface area contributed by atoms with E-state index in [0.29, 0.717) is 17.3 Å². The largest absolute Gasteiger partial charge is 0.372 e. The van der Waals surface area contributed by atoms with E-state index < -0.39 is 21.1 Å². The van der Waals surface area contributed by atoms with Gasteiger partial charge in [0.25, 0.3) is 0 Å². The number of hydrogen-bond acceptors (Lipinski definition) is 7. The van der Waals surface area contributed by atoms with Crippen molar-refractivity contribution in [3.05, 3.63) is 57.5 Å². The molecule has 4 N–H and O–H groups in total. The minimum Gasteiger partial charge on any atom is -0.372 e. The minimum atomic E-state index is -4.68. The van der Waals surface area contributed by atoms with Gasteiger partial charge in [-0.1, -0.05) is 17.7 Å². The molecule has 3 heterocycles. The maximum Gasteiger partial charge on any atom is 0.340 e. The van der Waals surface area contributed by atoms with Crippen molar-refractivity contribution >= 4 is 49.7 Å². The second kappa shape index (κ2) is 9.98. The molecule has 4 atom stereocenters. The number of benzene rings is 1. The topological polar surface area (TPSA) is 156 Å². The third-order valence-electron chi connectivity index (χ3n) is 6.29. The summed E-state index contributed by atoms with van der Waals surface area (Å²) in [6, 6.07) is 9.67. The van der Waals surface area contributed by atoms with Gasteiger partial charge in [0.15, 0.2) is 11.7 Å². The van der Waals surface area contributed by atoms with Crippen LogP contribution < -0.4 is 5.32 Å². The molecule has 11 nitrogen and oxygen atoms in total. The highest BCUT2D eigenvalue weighted by Crippen LogP contribution is 2.55. The summed E-state index contributed by atoms with van der Waals surface area (Å²) in [5.41, 5.74) is 3.83. The van der Waals surface area contributed by atoms with Crippen LogP contribution >= 0.6 is 38.4 Å². The molecule has 1 unspecified atom stereocenters. The Morgan fingerprint density at radius 2 is 2.00 bits per heavy atom. The van der Waals surface area contributed by atoms with Crippen LogP contribution in [0.25, 0.3) is 5.52 Å². The van der Waals surface area contributed by atoms with Gasteiger partial charge in [0, 0.05) is 10.9 Å². The van der Waals surface area contributed by atoms with E-state index in [4.69, 9.17) is 42.2 Å². The first-order chi connectivity index (χ1) is 17.0. The Morgan fingerprint density at radius 1 is 1.19 bits per heavy atom. The molecular formula is C21H24Cl2N4O7P2. The normalized spacial score (nSPS) is 23.6. The molecule has 3 aromatic rings. The van der Waals surface area contributed by atoms with E-state index in [1.165, 1.54) is 11.1 Å². The molecule has 0 saturated carbocycles. The van der Waals surface area contributed by atoms with E-state index >= 15 is 0 Å². The van der Waals surface area contributed by atoms with Gasteiger partial charge in [-0.15, -0.1) is 5.10 Å². The molecule has 1 saturated heterocycles. The van der Waals surface area contributed by atoms with Crippen LogP contribution in [-0.2, 0) is 24.8 Å². The smallest absolute Gasteiger partial charge is 0.340 e. The third-order valence-corrected chi connectivity index (χ3v) is 10.1. The fraction of sp³-hybridized carbons (Fsp3) is 0.429. The molecule has 0 amide bonds. The molecule has 36 heavy (non-hydrogen) atoms. The summed E-state index contributed by atoms with van der Waals surface area (Å²) in [4.78, 5) is 32.0. The number of rotatable bonds is 8. The van der Waals surface area contributed by atoms with Crippen LogP contribution in [0, 0.1) is 5.92 Å². The fourth-order valence-corrected chi connectivity index (χ4v) is 7.74. The first-order valence-corrected chi connectivity index (χ1v) is 15.5. The van der Waals surface area contributed by atoms with Crippen LogP contribution in [0.2, 0.25) is 10.3 Å². The van der Waals surface area contributed by atoms with E-state index in [2.05, 4.69) is 15.4 Å². The zero-order valence-corrected chi connectivity index (χ0v) is 22.1. The Hall–Kier alpha value is -1.52. The molecular weight excluding hydrogens is 553 g/mol. The molecule has 1 aliphatic heterocycles. The maximum absolute atomic E-state index is 11.9. The van der Waals surface area contributed by atoms with Gasteiger partial charge in [0.2, 0.25) is 5.28 Å². The monoisotopic (exact) mass is 576 g/mol. The standard InChI is InChI=1S/C21H24Cl2N4O7P2/c22-14-2-3-15-13(8-14)1-4-16(15)24-20-18-6-5-17(27(18)26-21(23)25-20)19-7-12(9-33-19)10-34-36(31,32)11-35(28,29)30/h2-3,5-6,8,12,16,19H,1,4,7,9-11H2,(H,31,32)(H,24,25,26)(H2,28,29,30)/t12-,16-,19-/m0/s1. The predicted molar refractivity (Wildman–Crippen MR) is 134 cm³/mol. The lowest BCUT2D eigenvalue weighted by molar-refractivity contribution is 0.0982. The third kappa shape index (κ3) is 5.80. The van der Waals surface area contributed by atoms with E-state index in [0.717, 1.165) is 24.1 Å². The molecule has 2 aliphatic rings. The molecule has 0 radical (unpaired) electrons. The number of nitrogens with zero attached hydrogens (tertiary/aromatic N) is 3. The first-order valence-electron chi connectivity index (χ1n) is 11.2. The lowest BCUT2D eigenvalue weighted by Gasteiger charge is -2.17. The summed E-state index contributed by atoms with van der Waals surface area (Å²) in [5.74, 6) is -0.871. The summed E-state index contributed by atoms with van der Waals surface area (Å²) >= 11 is 12.4. The predicted octanol–water partition coefficient (Wildman–Crippen LogP) is 4.55. The zero-order valence-electron chi connectivity index (χ0n) is 18.8. The summed E-state index contributed by atoms with van der Waals surface area (Å²) in [7, 11) is -9.10. The quantitative estimate of drug-likeness (QED) is 0.280. The van der Waals surface area contributed by atoms with Crippen LogP contribution in [0.1, 0.15) is 41.8 Å². The van der Waals surface area contributed by atoms with Gasteiger partial charge in [-0.3, -0.25) is 9.13 Å². The zero-order chi connectivity index (χ0) is 25.7. The van der Waals surface area contributed by atoms with Gasteiger partial charge in [-0.05, 0) is 66.3 Å². The van der Waals surface area contributed by atoms with Crippen LogP contribution in [0.15, 0.2) is 30.3 Å². The van der Waals surface area contributed by atoms with Gasteiger partial charge in [-0.25, -0.2) is 4.52 Å². The highest BCUT2D eigenvalue weighted by atomic mass is 35.5. The van der Waals surface area contributed by atoms with Crippen LogP contribution in [-0.4, -0.2) is 48.4 Å². The first kappa shape index (κ1) is 26.1. The van der Waals surface area contributed by atoms with Gasteiger partial charge >= 0.3 is 15.2 Å². The van der Waals surface area contributed by atoms with Gasteiger partial charge < -0.3 is 29.3 Å². The Labute approximate surface area is 216 Å². The van der Waals surface area contributed by atoms with E-state index in [1.807, 2.05) is 30.3 Å². The Morgan fingerprint density at radius 3 is 2.78 bits per heavy atom. The van der Waals surface area contributed by atoms with Crippen molar-refractivity contribution in [1.82, 2.24) is 14.6 Å². The van der Waals surface area contributed by atoms with E-state index in [1.54, 1.807) is 4.52 Å². The summed E-state index contributed by atoms with van der Waals surface area (Å²) in [6.07, 6.45) is 1.88. The number of aromatic nitrogens is 3. The average molecular weight is 577 g/mol. The summed E-state index contributed by atoms with van der Waals surface area (Å²) < 4.78 is 35.5. The van der Waals surface area contributed by atoms with Crippen molar-refractivity contribution in [2.45, 2.75) is 31.4 Å². The maximum atomic E-state index is 11.9. The minimum absolute atomic E-state index is 0.0527. The second-order valence-electron chi connectivity index (χ2n) is 9.03. The van der Waals surface area contributed by atoms with E-state index in [9.17, 15) is 14.0 Å². The molecule has 15 heteroatoms.